The summed E-state index contributed by atoms with van der Waals surface area (Å²) in [6, 6.07) is 15.0. The van der Waals surface area contributed by atoms with E-state index in [9.17, 15) is 20.2 Å². The number of nitro groups is 1. The lowest BCUT2D eigenvalue weighted by molar-refractivity contribution is -0.384. The van der Waals surface area contributed by atoms with E-state index in [0.717, 1.165) is 12.0 Å². The number of rotatable bonds is 8. The van der Waals surface area contributed by atoms with Crippen LogP contribution in [0.15, 0.2) is 54.1 Å². The first kappa shape index (κ1) is 20.6. The molecule has 7 nitrogen and oxygen atoms in total. The predicted molar refractivity (Wildman–Crippen MR) is 105 cm³/mol. The number of amides is 1. The van der Waals surface area contributed by atoms with Crippen LogP contribution in [0.25, 0.3) is 6.08 Å². The van der Waals surface area contributed by atoms with Gasteiger partial charge in [-0.3, -0.25) is 14.9 Å². The standard InChI is InChI=1S/C21H21N3O4/c1-3-15(2)23-21(25)18(13-22)12-17-6-4-5-7-20(17)28-14-16-8-10-19(11-9-16)24(26)27/h4-12,15H,3,14H2,1-2H3,(H,23,25)/b18-12+/t15-/m1/s1. The summed E-state index contributed by atoms with van der Waals surface area (Å²) in [6.07, 6.45) is 2.25. The zero-order chi connectivity index (χ0) is 20.5. The van der Waals surface area contributed by atoms with Crippen LogP contribution in [0.5, 0.6) is 5.75 Å². The van der Waals surface area contributed by atoms with Crippen LogP contribution in [0.3, 0.4) is 0 Å². The van der Waals surface area contributed by atoms with Gasteiger partial charge in [0.05, 0.1) is 4.92 Å². The van der Waals surface area contributed by atoms with Crippen molar-refractivity contribution in [3.05, 3.63) is 75.3 Å². The highest BCUT2D eigenvalue weighted by Gasteiger charge is 2.13. The van der Waals surface area contributed by atoms with Crippen molar-refractivity contribution in [2.24, 2.45) is 0 Å². The van der Waals surface area contributed by atoms with Crippen molar-refractivity contribution in [2.45, 2.75) is 32.9 Å². The van der Waals surface area contributed by atoms with E-state index < -0.39 is 10.8 Å². The van der Waals surface area contributed by atoms with E-state index in [4.69, 9.17) is 4.74 Å². The Hall–Kier alpha value is -3.66. The molecule has 0 radical (unpaired) electrons. The SMILES string of the molecule is CC[C@@H](C)NC(=O)/C(C#N)=C/c1ccccc1OCc1ccc([N+](=O)[O-])cc1. The number of benzene rings is 2. The molecule has 2 aromatic carbocycles. The topological polar surface area (TPSA) is 105 Å². The smallest absolute Gasteiger partial charge is 0.269 e. The molecule has 0 aliphatic heterocycles. The second kappa shape index (κ2) is 9.88. The van der Waals surface area contributed by atoms with Gasteiger partial charge in [-0.2, -0.15) is 5.26 Å². The highest BCUT2D eigenvalue weighted by atomic mass is 16.6. The second-order valence-corrected chi connectivity index (χ2v) is 6.20. The third kappa shape index (κ3) is 5.68. The van der Waals surface area contributed by atoms with Crippen LogP contribution < -0.4 is 10.1 Å². The van der Waals surface area contributed by atoms with Crippen LogP contribution in [-0.2, 0) is 11.4 Å². The van der Waals surface area contributed by atoms with Crippen molar-refractivity contribution in [2.75, 3.05) is 0 Å². The zero-order valence-electron chi connectivity index (χ0n) is 15.7. The van der Waals surface area contributed by atoms with Crippen LogP contribution in [0.4, 0.5) is 5.69 Å². The summed E-state index contributed by atoms with van der Waals surface area (Å²) in [5.74, 6) is 0.0759. The molecule has 0 aliphatic rings. The number of carbonyl (C=O) groups excluding carboxylic acids is 1. The van der Waals surface area contributed by atoms with Crippen molar-refractivity contribution in [3.8, 4) is 11.8 Å². The molecule has 144 valence electrons. The molecule has 0 saturated heterocycles. The van der Waals surface area contributed by atoms with Crippen LogP contribution >= 0.6 is 0 Å². The molecule has 1 amide bonds. The second-order valence-electron chi connectivity index (χ2n) is 6.20. The lowest BCUT2D eigenvalue weighted by Gasteiger charge is -2.12. The minimum atomic E-state index is -0.460. The molecule has 1 N–H and O–H groups in total. The Kier molecular flexibility index (Phi) is 7.28. The Bertz CT molecular complexity index is 914. The van der Waals surface area contributed by atoms with Gasteiger partial charge in [-0.05, 0) is 43.2 Å². The number of carbonyl (C=O) groups is 1. The fourth-order valence-corrected chi connectivity index (χ4v) is 2.31. The van der Waals surface area contributed by atoms with Crippen molar-refractivity contribution in [1.82, 2.24) is 5.32 Å². The quantitative estimate of drug-likeness (QED) is 0.323. The van der Waals surface area contributed by atoms with Crippen LogP contribution in [0.1, 0.15) is 31.4 Å². The van der Waals surface area contributed by atoms with Gasteiger partial charge in [0.25, 0.3) is 11.6 Å². The summed E-state index contributed by atoms with van der Waals surface area (Å²) < 4.78 is 5.80. The molecule has 28 heavy (non-hydrogen) atoms. The van der Waals surface area contributed by atoms with E-state index in [1.807, 2.05) is 19.9 Å². The molecule has 2 aromatic rings. The van der Waals surface area contributed by atoms with Gasteiger partial charge in [0.2, 0.25) is 0 Å². The van der Waals surface area contributed by atoms with Crippen molar-refractivity contribution in [3.63, 3.8) is 0 Å². The molecule has 0 bridgehead atoms. The van der Waals surface area contributed by atoms with E-state index in [1.165, 1.54) is 18.2 Å². The highest BCUT2D eigenvalue weighted by molar-refractivity contribution is 6.02. The van der Waals surface area contributed by atoms with Gasteiger partial charge in [0, 0.05) is 23.7 Å². The summed E-state index contributed by atoms with van der Waals surface area (Å²) in [4.78, 5) is 22.5. The number of nitrogens with zero attached hydrogens (tertiary/aromatic N) is 2. The third-order valence-electron chi connectivity index (χ3n) is 4.12. The first-order chi connectivity index (χ1) is 13.4. The van der Waals surface area contributed by atoms with Crippen molar-refractivity contribution in [1.29, 1.82) is 5.26 Å². The fourth-order valence-electron chi connectivity index (χ4n) is 2.31. The van der Waals surface area contributed by atoms with Crippen LogP contribution in [0, 0.1) is 21.4 Å². The molecule has 0 unspecified atom stereocenters. The summed E-state index contributed by atoms with van der Waals surface area (Å²) in [7, 11) is 0. The van der Waals surface area contributed by atoms with E-state index in [0.29, 0.717) is 11.3 Å². The maximum Gasteiger partial charge on any atom is 0.269 e. The third-order valence-corrected chi connectivity index (χ3v) is 4.12. The number of non-ortho nitro benzene ring substituents is 1. The highest BCUT2D eigenvalue weighted by Crippen LogP contribution is 2.23. The monoisotopic (exact) mass is 379 g/mol. The molecule has 0 heterocycles. The minimum absolute atomic E-state index is 0.00770. The van der Waals surface area contributed by atoms with E-state index >= 15 is 0 Å². The molecular weight excluding hydrogens is 358 g/mol. The average molecular weight is 379 g/mol. The Morgan fingerprint density at radius 3 is 2.57 bits per heavy atom. The van der Waals surface area contributed by atoms with Gasteiger partial charge in [0.15, 0.2) is 0 Å². The molecule has 0 aromatic heterocycles. The number of nitro benzene ring substituents is 1. The first-order valence-corrected chi connectivity index (χ1v) is 8.82. The maximum absolute atomic E-state index is 12.2. The number of nitrogens with one attached hydrogen (secondary N) is 1. The van der Waals surface area contributed by atoms with Gasteiger partial charge in [-0.25, -0.2) is 0 Å². The zero-order valence-corrected chi connectivity index (χ0v) is 15.7. The molecule has 0 fully saturated rings. The normalized spacial score (nSPS) is 12.0. The average Bonchev–Trinajstić information content (AvgIpc) is 2.71. The van der Waals surface area contributed by atoms with Gasteiger partial charge >= 0.3 is 0 Å². The van der Waals surface area contributed by atoms with Crippen molar-refractivity contribution < 1.29 is 14.5 Å². The van der Waals surface area contributed by atoms with E-state index in [2.05, 4.69) is 5.32 Å². The largest absolute Gasteiger partial charge is 0.488 e. The Balaban J connectivity index is 2.16. The summed E-state index contributed by atoms with van der Waals surface area (Å²) in [5.41, 5.74) is 1.37. The van der Waals surface area contributed by atoms with Gasteiger partial charge in [0.1, 0.15) is 24.0 Å². The Labute approximate surface area is 163 Å². The number of para-hydroxylation sites is 1. The molecule has 0 saturated carbocycles. The van der Waals surface area contributed by atoms with Crippen LogP contribution in [-0.4, -0.2) is 16.9 Å². The molecule has 0 spiro atoms. The molecule has 0 aliphatic carbocycles. The maximum atomic E-state index is 12.2. The minimum Gasteiger partial charge on any atom is -0.488 e. The lowest BCUT2D eigenvalue weighted by Crippen LogP contribution is -2.32. The number of hydrogen-bond acceptors (Lipinski definition) is 5. The fraction of sp³-hybridized carbons (Fsp3) is 0.238. The van der Waals surface area contributed by atoms with E-state index in [-0.39, 0.29) is 23.9 Å². The Morgan fingerprint density at radius 1 is 1.29 bits per heavy atom. The lowest BCUT2D eigenvalue weighted by atomic mass is 10.1. The number of nitriles is 1. The van der Waals surface area contributed by atoms with Crippen LogP contribution in [0.2, 0.25) is 0 Å². The molecule has 7 heteroatoms. The van der Waals surface area contributed by atoms with Gasteiger partial charge in [-0.1, -0.05) is 25.1 Å². The Morgan fingerprint density at radius 2 is 1.96 bits per heavy atom. The van der Waals surface area contributed by atoms with Crippen molar-refractivity contribution >= 4 is 17.7 Å². The number of hydrogen-bond donors (Lipinski definition) is 1. The predicted octanol–water partition coefficient (Wildman–Crippen LogP) is 4.00. The summed E-state index contributed by atoms with van der Waals surface area (Å²) in [6.45, 7) is 4.01. The van der Waals surface area contributed by atoms with Gasteiger partial charge in [-0.15, -0.1) is 0 Å². The summed E-state index contributed by atoms with van der Waals surface area (Å²) >= 11 is 0. The summed E-state index contributed by atoms with van der Waals surface area (Å²) in [5, 5.41) is 22.8. The molecule has 2 rings (SSSR count). The first-order valence-electron chi connectivity index (χ1n) is 8.82. The number of ether oxygens (including phenoxy) is 1. The molecule has 1 atom stereocenters. The molecular formula is C21H21N3O4. The van der Waals surface area contributed by atoms with Gasteiger partial charge < -0.3 is 10.1 Å². The van der Waals surface area contributed by atoms with E-state index in [1.54, 1.807) is 36.4 Å².